The van der Waals surface area contributed by atoms with Gasteiger partial charge in [-0.3, -0.25) is 14.4 Å². The van der Waals surface area contributed by atoms with Gasteiger partial charge in [0.2, 0.25) is 5.91 Å². The molecule has 5 N–H and O–H groups in total. The highest BCUT2D eigenvalue weighted by atomic mass is 19.4. The molecule has 1 aliphatic rings. The molecule has 1 aliphatic heterocycles. The monoisotopic (exact) mass is 877 g/mol. The summed E-state index contributed by atoms with van der Waals surface area (Å²) >= 11 is 0. The van der Waals surface area contributed by atoms with Gasteiger partial charge in [0.15, 0.2) is 0 Å². The number of H-pyrrole nitrogens is 1. The largest absolute Gasteiger partial charge is 0.489 e. The molecular formula is C46H52F5N7O5. The topological polar surface area (TPSA) is 163 Å². The Morgan fingerprint density at radius 3 is 2.19 bits per heavy atom. The molecule has 6 rings (SSSR count). The summed E-state index contributed by atoms with van der Waals surface area (Å²) in [5, 5.41) is 14.4. The van der Waals surface area contributed by atoms with Gasteiger partial charge in [-0.25, -0.2) is 13.9 Å². The highest BCUT2D eigenvalue weighted by molar-refractivity contribution is 5.95. The Bertz CT molecular complexity index is 2370. The van der Waals surface area contributed by atoms with Gasteiger partial charge in [0, 0.05) is 55.8 Å². The SMILES string of the molecule is C=CC.C=O.Nc1ccc(OCc2ccc(F)c(C(F)(F)F)c2)c(CNCCCCCNCC(=O)N2CCN(C(=O)c3cc(Cc4n[nH]c(=O)c5ccccc45)ccc3F)CC2)c1. The van der Waals surface area contributed by atoms with Gasteiger partial charge in [-0.05, 0) is 92.5 Å². The van der Waals surface area contributed by atoms with E-state index in [9.17, 15) is 36.3 Å². The number of allylic oxidation sites excluding steroid dienone is 1. The van der Waals surface area contributed by atoms with E-state index in [1.165, 1.54) is 18.2 Å². The quantitative estimate of drug-likeness (QED) is 0.0361. The Morgan fingerprint density at radius 1 is 0.857 bits per heavy atom. The normalized spacial score (nSPS) is 12.5. The number of carbonyl (C=O) groups is 3. The number of fused-ring (bicyclic) bond motifs is 1. The van der Waals surface area contributed by atoms with Gasteiger partial charge in [0.1, 0.15) is 30.8 Å². The highest BCUT2D eigenvalue weighted by Crippen LogP contribution is 2.32. The minimum Gasteiger partial charge on any atom is -0.489 e. The van der Waals surface area contributed by atoms with Crippen LogP contribution in [0.4, 0.5) is 27.6 Å². The lowest BCUT2D eigenvalue weighted by Crippen LogP contribution is -2.52. The molecule has 0 spiro atoms. The Balaban J connectivity index is 0.00000167. The first-order valence-electron chi connectivity index (χ1n) is 20.2. The molecule has 0 saturated carbocycles. The van der Waals surface area contributed by atoms with E-state index < -0.39 is 29.3 Å². The Hall–Kier alpha value is -6.46. The number of amides is 2. The molecule has 1 saturated heterocycles. The van der Waals surface area contributed by atoms with Crippen LogP contribution in [-0.2, 0) is 35.3 Å². The van der Waals surface area contributed by atoms with Crippen molar-refractivity contribution in [1.29, 1.82) is 0 Å². The van der Waals surface area contributed by atoms with Gasteiger partial charge >= 0.3 is 6.18 Å². The number of aromatic nitrogens is 2. The third kappa shape index (κ3) is 14.3. The average molecular weight is 878 g/mol. The lowest BCUT2D eigenvalue weighted by molar-refractivity contribution is -0.140. The lowest BCUT2D eigenvalue weighted by atomic mass is 10.0. The zero-order valence-electron chi connectivity index (χ0n) is 35.0. The first kappa shape index (κ1) is 49.2. The number of benzene rings is 4. The minimum atomic E-state index is -4.81. The maximum Gasteiger partial charge on any atom is 0.419 e. The van der Waals surface area contributed by atoms with Crippen molar-refractivity contribution < 1.29 is 41.1 Å². The molecule has 2 heterocycles. The van der Waals surface area contributed by atoms with Crippen molar-refractivity contribution in [3.8, 4) is 5.75 Å². The van der Waals surface area contributed by atoms with Crippen LogP contribution >= 0.6 is 0 Å². The predicted molar refractivity (Wildman–Crippen MR) is 232 cm³/mol. The van der Waals surface area contributed by atoms with Crippen LogP contribution in [0.5, 0.6) is 5.75 Å². The van der Waals surface area contributed by atoms with E-state index in [4.69, 9.17) is 15.3 Å². The van der Waals surface area contributed by atoms with Crippen LogP contribution in [0.3, 0.4) is 0 Å². The Morgan fingerprint density at radius 2 is 1.49 bits per heavy atom. The van der Waals surface area contributed by atoms with Gasteiger partial charge in [0.25, 0.3) is 11.5 Å². The number of hydrogen-bond donors (Lipinski definition) is 4. The highest BCUT2D eigenvalue weighted by Gasteiger charge is 2.34. The summed E-state index contributed by atoms with van der Waals surface area (Å²) in [7, 11) is 0. The Labute approximate surface area is 362 Å². The molecule has 5 aromatic rings. The fourth-order valence-corrected chi connectivity index (χ4v) is 6.80. The number of hydrogen-bond acceptors (Lipinski definition) is 9. The number of carbonyl (C=O) groups excluding carboxylic acids is 3. The molecule has 0 atom stereocenters. The molecule has 0 unspecified atom stereocenters. The van der Waals surface area contributed by atoms with Crippen molar-refractivity contribution >= 4 is 35.1 Å². The molecule has 0 radical (unpaired) electrons. The second kappa shape index (κ2) is 24.2. The number of aromatic amines is 1. The van der Waals surface area contributed by atoms with Crippen LogP contribution in [0.2, 0.25) is 0 Å². The summed E-state index contributed by atoms with van der Waals surface area (Å²) in [4.78, 5) is 49.6. The third-order valence-electron chi connectivity index (χ3n) is 9.94. The van der Waals surface area contributed by atoms with Crippen molar-refractivity contribution in [2.75, 3.05) is 51.5 Å². The molecule has 2 amide bonds. The van der Waals surface area contributed by atoms with Crippen LogP contribution in [-0.4, -0.2) is 84.4 Å². The summed E-state index contributed by atoms with van der Waals surface area (Å²) in [6, 6.07) is 19.2. The number of nitrogens with zero attached hydrogens (tertiary/aromatic N) is 3. The first-order valence-corrected chi connectivity index (χ1v) is 20.2. The van der Waals surface area contributed by atoms with E-state index in [1.807, 2.05) is 19.8 Å². The maximum absolute atomic E-state index is 14.9. The number of nitrogens with two attached hydrogens (primary N) is 1. The van der Waals surface area contributed by atoms with E-state index in [1.54, 1.807) is 58.3 Å². The van der Waals surface area contributed by atoms with E-state index in [2.05, 4.69) is 27.4 Å². The smallest absolute Gasteiger partial charge is 0.419 e. The zero-order valence-corrected chi connectivity index (χ0v) is 35.0. The molecule has 17 heteroatoms. The number of halogens is 5. The van der Waals surface area contributed by atoms with Crippen LogP contribution in [0.1, 0.15) is 64.5 Å². The molecule has 4 aromatic carbocycles. The third-order valence-corrected chi connectivity index (χ3v) is 9.94. The summed E-state index contributed by atoms with van der Waals surface area (Å²) in [5.74, 6) is -2.06. The summed E-state index contributed by atoms with van der Waals surface area (Å²) in [5.41, 5.74) is 6.94. The molecule has 1 aromatic heterocycles. The number of unbranched alkanes of at least 4 members (excludes halogenated alkanes) is 2. The second-order valence-corrected chi connectivity index (χ2v) is 14.5. The van der Waals surface area contributed by atoms with Crippen molar-refractivity contribution in [2.45, 2.75) is 51.9 Å². The fraction of sp³-hybridized carbons (Fsp3) is 0.326. The fourth-order valence-electron chi connectivity index (χ4n) is 6.80. The summed E-state index contributed by atoms with van der Waals surface area (Å²) < 4.78 is 73.7. The molecule has 63 heavy (non-hydrogen) atoms. The van der Waals surface area contributed by atoms with Crippen molar-refractivity contribution in [3.63, 3.8) is 0 Å². The second-order valence-electron chi connectivity index (χ2n) is 14.5. The summed E-state index contributed by atoms with van der Waals surface area (Å²) in [6.07, 6.45) is -0.199. The number of ether oxygens (including phenoxy) is 1. The van der Waals surface area contributed by atoms with Crippen LogP contribution < -0.4 is 26.7 Å². The number of piperazine rings is 1. The van der Waals surface area contributed by atoms with Crippen LogP contribution in [0, 0.1) is 11.6 Å². The number of anilines is 1. The zero-order chi connectivity index (χ0) is 45.9. The van der Waals surface area contributed by atoms with Crippen molar-refractivity contribution in [1.82, 2.24) is 30.6 Å². The molecular weight excluding hydrogens is 826 g/mol. The summed E-state index contributed by atoms with van der Waals surface area (Å²) in [6.45, 7) is 10.2. The van der Waals surface area contributed by atoms with Crippen LogP contribution in [0.25, 0.3) is 10.8 Å². The number of nitrogens with one attached hydrogen (secondary N) is 3. The molecule has 1 fully saturated rings. The number of rotatable bonds is 16. The van der Waals surface area contributed by atoms with E-state index in [0.29, 0.717) is 66.2 Å². The molecule has 12 nitrogen and oxygen atoms in total. The van der Waals surface area contributed by atoms with E-state index >= 15 is 0 Å². The van der Waals surface area contributed by atoms with Gasteiger partial charge < -0.3 is 35.7 Å². The van der Waals surface area contributed by atoms with Gasteiger partial charge in [-0.15, -0.1) is 6.58 Å². The molecule has 336 valence electrons. The predicted octanol–water partition coefficient (Wildman–Crippen LogP) is 6.81. The minimum absolute atomic E-state index is 0.0569. The molecule has 0 bridgehead atoms. The van der Waals surface area contributed by atoms with Gasteiger partial charge in [-0.2, -0.15) is 18.3 Å². The van der Waals surface area contributed by atoms with Gasteiger partial charge in [0.05, 0.1) is 28.8 Å². The Kier molecular flexibility index (Phi) is 18.9. The standard InChI is InChI=1S/C42H44F5N7O4.C3H6.CH2O/c43-35-11-8-27(22-37-31-6-2-3-7-32(31)40(56)52-51-37)20-33(35)41(57)54-18-16-53(17-19-54)39(55)25-50-15-5-1-4-14-49-24-29-23-30(48)10-13-38(29)58-26-28-9-12-36(44)34(21-28)42(45,46)47;1-3-2;1-2/h2-3,6-13,20-21,23,49-50H,1,4-5,14-19,22,24-26,48H2,(H,52,56);3H,1H2,2H3;1H2. The molecule has 0 aliphatic carbocycles. The van der Waals surface area contributed by atoms with Crippen molar-refractivity contribution in [3.05, 3.63) is 147 Å². The van der Waals surface area contributed by atoms with Gasteiger partial charge in [-0.1, -0.05) is 42.8 Å². The van der Waals surface area contributed by atoms with Crippen molar-refractivity contribution in [2.24, 2.45) is 0 Å². The maximum atomic E-state index is 14.9. The van der Waals surface area contributed by atoms with E-state index in [0.717, 1.165) is 37.0 Å². The first-order chi connectivity index (χ1) is 30.3. The number of alkyl halides is 3. The van der Waals surface area contributed by atoms with E-state index in [-0.39, 0.29) is 55.3 Å². The average Bonchev–Trinajstić information content (AvgIpc) is 3.28. The lowest BCUT2D eigenvalue weighted by Gasteiger charge is -2.35. The number of nitrogen functional groups attached to an aromatic ring is 1. The van der Waals surface area contributed by atoms with Crippen LogP contribution in [0.15, 0.2) is 96.3 Å².